The zero-order valence-corrected chi connectivity index (χ0v) is 19.2. The summed E-state index contributed by atoms with van der Waals surface area (Å²) in [5, 5.41) is 24.0. The van der Waals surface area contributed by atoms with Gasteiger partial charge in [0.2, 0.25) is 11.8 Å². The van der Waals surface area contributed by atoms with Gasteiger partial charge in [-0.2, -0.15) is 0 Å². The summed E-state index contributed by atoms with van der Waals surface area (Å²) >= 11 is 0. The summed E-state index contributed by atoms with van der Waals surface area (Å²) in [7, 11) is 1.16. The van der Waals surface area contributed by atoms with Crippen LogP contribution in [0.5, 0.6) is 5.75 Å². The van der Waals surface area contributed by atoms with E-state index in [0.29, 0.717) is 5.56 Å². The highest BCUT2D eigenvalue weighted by molar-refractivity contribution is 5.93. The second kappa shape index (κ2) is 12.4. The number of aliphatic hydroxyl groups is 1. The number of carbonyl (C=O) groups is 4. The van der Waals surface area contributed by atoms with Crippen LogP contribution in [-0.2, 0) is 23.9 Å². The number of nitrogens with zero attached hydrogens (tertiary/aromatic N) is 1. The summed E-state index contributed by atoms with van der Waals surface area (Å²) < 4.78 is 9.65. The molecule has 0 fully saturated rings. The molecule has 0 heterocycles. The van der Waals surface area contributed by atoms with E-state index in [4.69, 9.17) is 4.74 Å². The fraction of sp³-hybridized carbons (Fsp3) is 0.455. The maximum absolute atomic E-state index is 13.3. The number of benzene rings is 1. The Labute approximate surface area is 192 Å². The highest BCUT2D eigenvalue weighted by Crippen LogP contribution is 2.24. The Morgan fingerprint density at radius 3 is 2.27 bits per heavy atom. The van der Waals surface area contributed by atoms with E-state index in [2.05, 4.69) is 21.9 Å². The molecule has 2 unspecified atom stereocenters. The van der Waals surface area contributed by atoms with E-state index in [1.54, 1.807) is 20.8 Å². The van der Waals surface area contributed by atoms with E-state index in [1.807, 2.05) is 0 Å². The van der Waals surface area contributed by atoms with Crippen LogP contribution in [0.3, 0.4) is 0 Å². The molecule has 11 nitrogen and oxygen atoms in total. The van der Waals surface area contributed by atoms with Crippen LogP contribution >= 0.6 is 0 Å². The second-order valence-corrected chi connectivity index (χ2v) is 7.95. The number of hydrogen-bond donors (Lipinski definition) is 4. The molecule has 0 saturated carbocycles. The average molecular weight is 466 g/mol. The van der Waals surface area contributed by atoms with Crippen molar-refractivity contribution in [2.45, 2.75) is 38.5 Å². The molecule has 0 spiro atoms. The number of esters is 1. The molecule has 2 atom stereocenters. The molecule has 182 valence electrons. The van der Waals surface area contributed by atoms with Gasteiger partial charge in [-0.25, -0.2) is 4.79 Å². The van der Waals surface area contributed by atoms with Gasteiger partial charge in [-0.1, -0.05) is 18.2 Å². The smallest absolute Gasteiger partial charge is 0.408 e. The number of ether oxygens (including phenoxy) is 2. The molecule has 0 aliphatic carbocycles. The normalized spacial score (nSPS) is 12.6. The average Bonchev–Trinajstić information content (AvgIpc) is 2.74. The van der Waals surface area contributed by atoms with Crippen molar-refractivity contribution in [3.8, 4) is 5.75 Å². The summed E-state index contributed by atoms with van der Waals surface area (Å²) in [6, 6.07) is 2.81. The van der Waals surface area contributed by atoms with Crippen molar-refractivity contribution in [3.05, 3.63) is 42.5 Å². The molecule has 0 aromatic heterocycles. The van der Waals surface area contributed by atoms with Crippen LogP contribution in [0.2, 0.25) is 0 Å². The molecular weight excluding hydrogens is 434 g/mol. The minimum absolute atomic E-state index is 0.0612. The Bertz CT molecular complexity index is 848. The number of phenols is 1. The number of aromatic hydroxyl groups is 1. The number of phenolic OH excluding ortho intramolecular Hbond substituents is 1. The number of hydrogen-bond acceptors (Lipinski definition) is 8. The van der Waals surface area contributed by atoms with Gasteiger partial charge in [-0.15, -0.1) is 6.58 Å². The van der Waals surface area contributed by atoms with Crippen molar-refractivity contribution in [1.29, 1.82) is 0 Å². The number of methoxy groups -OCH3 is 1. The molecule has 1 aromatic carbocycles. The fourth-order valence-corrected chi connectivity index (χ4v) is 2.75. The Kier molecular flexibility index (Phi) is 10.3. The van der Waals surface area contributed by atoms with Gasteiger partial charge >= 0.3 is 12.1 Å². The summed E-state index contributed by atoms with van der Waals surface area (Å²) in [6.45, 7) is 7.17. The van der Waals surface area contributed by atoms with Crippen LogP contribution in [0.15, 0.2) is 36.9 Å². The molecule has 1 rings (SSSR count). The first-order valence-corrected chi connectivity index (χ1v) is 10.1. The number of aliphatic hydroxyl groups excluding tert-OH is 1. The molecule has 33 heavy (non-hydrogen) atoms. The van der Waals surface area contributed by atoms with Crippen molar-refractivity contribution in [3.63, 3.8) is 0 Å². The Hall–Kier alpha value is -3.60. The number of alkyl carbamates (subject to hydrolysis) is 1. The number of carbonyl (C=O) groups excluding carboxylic acids is 4. The van der Waals surface area contributed by atoms with Crippen LogP contribution in [0.4, 0.5) is 4.79 Å². The molecule has 3 amide bonds. The number of nitrogens with one attached hydrogen (secondary N) is 2. The second-order valence-electron chi connectivity index (χ2n) is 7.95. The third-order valence-corrected chi connectivity index (χ3v) is 4.18. The van der Waals surface area contributed by atoms with Gasteiger partial charge in [0, 0.05) is 6.54 Å². The summed E-state index contributed by atoms with van der Waals surface area (Å²) in [5.41, 5.74) is -0.532. The van der Waals surface area contributed by atoms with Gasteiger partial charge in [0.25, 0.3) is 0 Å². The van der Waals surface area contributed by atoms with Crippen molar-refractivity contribution in [1.82, 2.24) is 15.5 Å². The summed E-state index contributed by atoms with van der Waals surface area (Å²) in [6.07, 6.45) is 0.436. The lowest BCUT2D eigenvalue weighted by atomic mass is 10.0. The van der Waals surface area contributed by atoms with Gasteiger partial charge in [0.15, 0.2) is 0 Å². The number of amides is 3. The van der Waals surface area contributed by atoms with E-state index in [-0.39, 0.29) is 12.3 Å². The monoisotopic (exact) mass is 465 g/mol. The van der Waals surface area contributed by atoms with Crippen molar-refractivity contribution >= 4 is 23.9 Å². The van der Waals surface area contributed by atoms with Crippen LogP contribution in [0, 0.1) is 0 Å². The van der Waals surface area contributed by atoms with Crippen molar-refractivity contribution < 1.29 is 38.9 Å². The zero-order chi connectivity index (χ0) is 25.2. The van der Waals surface area contributed by atoms with E-state index >= 15 is 0 Å². The number of rotatable bonds is 10. The van der Waals surface area contributed by atoms with E-state index in [1.165, 1.54) is 30.3 Å². The molecule has 4 N–H and O–H groups in total. The minimum Gasteiger partial charge on any atom is -0.508 e. The highest BCUT2D eigenvalue weighted by Gasteiger charge is 2.35. The maximum Gasteiger partial charge on any atom is 0.408 e. The largest absolute Gasteiger partial charge is 0.508 e. The van der Waals surface area contributed by atoms with E-state index in [9.17, 15) is 29.4 Å². The van der Waals surface area contributed by atoms with Gasteiger partial charge in [-0.3, -0.25) is 14.4 Å². The molecule has 0 radical (unpaired) electrons. The first-order valence-electron chi connectivity index (χ1n) is 10.1. The lowest BCUT2D eigenvalue weighted by Crippen LogP contribution is -2.54. The first kappa shape index (κ1) is 27.4. The fourth-order valence-electron chi connectivity index (χ4n) is 2.75. The third-order valence-electron chi connectivity index (χ3n) is 4.18. The van der Waals surface area contributed by atoms with Crippen LogP contribution in [-0.4, -0.2) is 77.4 Å². The van der Waals surface area contributed by atoms with Gasteiger partial charge < -0.3 is 35.2 Å². The zero-order valence-electron chi connectivity index (χ0n) is 19.2. The van der Waals surface area contributed by atoms with Crippen molar-refractivity contribution in [2.75, 3.05) is 26.8 Å². The maximum atomic E-state index is 13.3. The lowest BCUT2D eigenvalue weighted by molar-refractivity contribution is -0.144. The van der Waals surface area contributed by atoms with Gasteiger partial charge in [-0.05, 0) is 38.5 Å². The van der Waals surface area contributed by atoms with E-state index < -0.39 is 54.7 Å². The highest BCUT2D eigenvalue weighted by atomic mass is 16.6. The quantitative estimate of drug-likeness (QED) is 0.290. The Morgan fingerprint density at radius 1 is 1.18 bits per heavy atom. The molecule has 0 bridgehead atoms. The molecule has 0 saturated heterocycles. The van der Waals surface area contributed by atoms with Crippen LogP contribution in [0.1, 0.15) is 32.4 Å². The predicted octanol–water partition coefficient (Wildman–Crippen LogP) is 0.623. The van der Waals surface area contributed by atoms with Crippen LogP contribution in [0.25, 0.3) is 0 Å². The first-order chi connectivity index (χ1) is 15.4. The molecule has 0 aliphatic rings. The lowest BCUT2D eigenvalue weighted by Gasteiger charge is -2.33. The van der Waals surface area contributed by atoms with Gasteiger partial charge in [0.1, 0.15) is 30.0 Å². The van der Waals surface area contributed by atoms with Crippen LogP contribution < -0.4 is 10.6 Å². The Balaban J connectivity index is 3.29. The summed E-state index contributed by atoms with van der Waals surface area (Å²) in [5.74, 6) is -2.28. The van der Waals surface area contributed by atoms with Gasteiger partial charge in [0.05, 0.1) is 13.7 Å². The SMILES string of the molecule is C=CCN(C(=O)C(CO)NC(=O)OC(C)(C)C)C(C(=O)NCC(=O)OC)c1ccc(O)cc1. The molecule has 11 heteroatoms. The third kappa shape index (κ3) is 8.81. The standard InChI is InChI=1S/C22H31N3O8/c1-6-11-25(20(30)16(13-26)24-21(31)33-22(2,3)4)18(14-7-9-15(27)10-8-14)19(29)23-12-17(28)32-5/h6-10,16,18,26-27H,1,11-13H2,2-5H3,(H,23,29)(H,24,31). The molecular formula is C22H31N3O8. The predicted molar refractivity (Wildman–Crippen MR) is 118 cm³/mol. The summed E-state index contributed by atoms with van der Waals surface area (Å²) in [4.78, 5) is 51.0. The molecule has 1 aromatic rings. The molecule has 0 aliphatic heterocycles. The Morgan fingerprint density at radius 2 is 1.79 bits per heavy atom. The van der Waals surface area contributed by atoms with Crippen molar-refractivity contribution in [2.24, 2.45) is 0 Å². The topological polar surface area (TPSA) is 154 Å². The minimum atomic E-state index is -1.42. The van der Waals surface area contributed by atoms with E-state index in [0.717, 1.165) is 12.0 Å².